The second-order valence-corrected chi connectivity index (χ2v) is 5.33. The van der Waals surface area contributed by atoms with Gasteiger partial charge in [-0.3, -0.25) is 10.1 Å². The summed E-state index contributed by atoms with van der Waals surface area (Å²) in [5.41, 5.74) is 8.39. The Bertz CT molecular complexity index is 458. The van der Waals surface area contributed by atoms with E-state index in [4.69, 9.17) is 5.73 Å². The molecular formula is C14H23N3O2. The van der Waals surface area contributed by atoms with Crippen LogP contribution in [0.1, 0.15) is 25.0 Å². The standard InChI is InChI=1S/C14H23N3O2/c1-9(2)12(7-15)8-16-13-5-10(3)11(4)6-14(13)17(18)19/h5-6,9,12,16H,7-8,15H2,1-4H3. The van der Waals surface area contributed by atoms with Crippen LogP contribution in [-0.4, -0.2) is 18.0 Å². The van der Waals surface area contributed by atoms with Crippen molar-refractivity contribution in [3.63, 3.8) is 0 Å². The molecule has 1 atom stereocenters. The molecule has 0 saturated heterocycles. The molecule has 0 spiro atoms. The lowest BCUT2D eigenvalue weighted by Gasteiger charge is -2.20. The summed E-state index contributed by atoms with van der Waals surface area (Å²) in [5, 5.41) is 14.2. The van der Waals surface area contributed by atoms with Crippen molar-refractivity contribution in [1.29, 1.82) is 0 Å². The van der Waals surface area contributed by atoms with Gasteiger partial charge in [-0.2, -0.15) is 0 Å². The van der Waals surface area contributed by atoms with Crippen LogP contribution in [0.4, 0.5) is 11.4 Å². The molecule has 0 fully saturated rings. The molecule has 0 saturated carbocycles. The Morgan fingerprint density at radius 1 is 1.32 bits per heavy atom. The first-order valence-electron chi connectivity index (χ1n) is 6.56. The molecule has 3 N–H and O–H groups in total. The SMILES string of the molecule is Cc1cc(NCC(CN)C(C)C)c([N+](=O)[O-])cc1C. The van der Waals surface area contributed by atoms with E-state index >= 15 is 0 Å². The number of nitrogens with two attached hydrogens (primary N) is 1. The summed E-state index contributed by atoms with van der Waals surface area (Å²) in [7, 11) is 0. The van der Waals surface area contributed by atoms with E-state index < -0.39 is 0 Å². The summed E-state index contributed by atoms with van der Waals surface area (Å²) in [4.78, 5) is 10.7. The third kappa shape index (κ3) is 3.92. The fraction of sp³-hybridized carbons (Fsp3) is 0.571. The third-order valence-electron chi connectivity index (χ3n) is 3.61. The summed E-state index contributed by atoms with van der Waals surface area (Å²) in [5.74, 6) is 0.754. The summed E-state index contributed by atoms with van der Waals surface area (Å²) in [6.07, 6.45) is 0. The fourth-order valence-electron chi connectivity index (χ4n) is 1.93. The van der Waals surface area contributed by atoms with Gasteiger partial charge in [0, 0.05) is 12.6 Å². The van der Waals surface area contributed by atoms with Crippen LogP contribution in [0.3, 0.4) is 0 Å². The second kappa shape index (κ2) is 6.52. The number of rotatable bonds is 6. The number of nitro benzene ring substituents is 1. The van der Waals surface area contributed by atoms with Crippen molar-refractivity contribution in [2.45, 2.75) is 27.7 Å². The normalized spacial score (nSPS) is 12.5. The molecule has 0 heterocycles. The van der Waals surface area contributed by atoms with E-state index in [0.717, 1.165) is 11.1 Å². The highest BCUT2D eigenvalue weighted by molar-refractivity contribution is 5.64. The maximum atomic E-state index is 11.1. The summed E-state index contributed by atoms with van der Waals surface area (Å²) in [6.45, 7) is 9.26. The molecule has 19 heavy (non-hydrogen) atoms. The lowest BCUT2D eigenvalue weighted by atomic mass is 9.96. The highest BCUT2D eigenvalue weighted by Crippen LogP contribution is 2.28. The van der Waals surface area contributed by atoms with E-state index in [1.54, 1.807) is 6.07 Å². The van der Waals surface area contributed by atoms with Crippen LogP contribution in [-0.2, 0) is 0 Å². The van der Waals surface area contributed by atoms with Crippen LogP contribution in [0.5, 0.6) is 0 Å². The van der Waals surface area contributed by atoms with Gasteiger partial charge in [-0.05, 0) is 49.4 Å². The zero-order chi connectivity index (χ0) is 14.6. The van der Waals surface area contributed by atoms with Crippen LogP contribution in [0.2, 0.25) is 0 Å². The van der Waals surface area contributed by atoms with Gasteiger partial charge >= 0.3 is 0 Å². The highest BCUT2D eigenvalue weighted by Gasteiger charge is 2.17. The summed E-state index contributed by atoms with van der Waals surface area (Å²) < 4.78 is 0. The molecule has 5 nitrogen and oxygen atoms in total. The first-order chi connectivity index (χ1) is 8.86. The van der Waals surface area contributed by atoms with Gasteiger partial charge in [0.05, 0.1) is 4.92 Å². The van der Waals surface area contributed by atoms with Crippen LogP contribution in [0.15, 0.2) is 12.1 Å². The molecule has 1 unspecified atom stereocenters. The Balaban J connectivity index is 2.94. The minimum atomic E-state index is -0.346. The van der Waals surface area contributed by atoms with Crippen LogP contribution >= 0.6 is 0 Å². The Labute approximate surface area is 114 Å². The molecule has 106 valence electrons. The number of hydrogen-bond donors (Lipinski definition) is 2. The molecule has 1 aromatic carbocycles. The average molecular weight is 265 g/mol. The van der Waals surface area contributed by atoms with E-state index in [1.165, 1.54) is 0 Å². The number of benzene rings is 1. The minimum absolute atomic E-state index is 0.127. The predicted molar refractivity (Wildman–Crippen MR) is 78.4 cm³/mol. The predicted octanol–water partition coefficient (Wildman–Crippen LogP) is 2.85. The van der Waals surface area contributed by atoms with Gasteiger partial charge in [0.15, 0.2) is 0 Å². The smallest absolute Gasteiger partial charge is 0.292 e. The first-order valence-corrected chi connectivity index (χ1v) is 6.56. The van der Waals surface area contributed by atoms with Gasteiger partial charge in [-0.15, -0.1) is 0 Å². The molecule has 0 aliphatic heterocycles. The quantitative estimate of drug-likeness (QED) is 0.612. The molecule has 0 aromatic heterocycles. The van der Waals surface area contributed by atoms with Crippen LogP contribution < -0.4 is 11.1 Å². The lowest BCUT2D eigenvalue weighted by molar-refractivity contribution is -0.384. The Hall–Kier alpha value is -1.62. The molecule has 0 aliphatic rings. The number of aryl methyl sites for hydroxylation is 2. The van der Waals surface area contributed by atoms with E-state index in [9.17, 15) is 10.1 Å². The minimum Gasteiger partial charge on any atom is -0.379 e. The van der Waals surface area contributed by atoms with Gasteiger partial charge < -0.3 is 11.1 Å². The van der Waals surface area contributed by atoms with Crippen molar-refractivity contribution in [3.05, 3.63) is 33.4 Å². The Morgan fingerprint density at radius 2 is 1.89 bits per heavy atom. The number of hydrogen-bond acceptors (Lipinski definition) is 4. The summed E-state index contributed by atoms with van der Waals surface area (Å²) >= 11 is 0. The molecule has 0 aliphatic carbocycles. The van der Waals surface area contributed by atoms with Crippen molar-refractivity contribution in [2.24, 2.45) is 17.6 Å². The zero-order valence-electron chi connectivity index (χ0n) is 12.1. The van der Waals surface area contributed by atoms with Crippen molar-refractivity contribution in [2.75, 3.05) is 18.4 Å². The van der Waals surface area contributed by atoms with E-state index in [2.05, 4.69) is 19.2 Å². The number of anilines is 1. The molecule has 0 radical (unpaired) electrons. The Kier molecular flexibility index (Phi) is 5.30. The van der Waals surface area contributed by atoms with Crippen LogP contribution in [0.25, 0.3) is 0 Å². The molecule has 1 aromatic rings. The van der Waals surface area contributed by atoms with Gasteiger partial charge in [0.25, 0.3) is 5.69 Å². The topological polar surface area (TPSA) is 81.2 Å². The van der Waals surface area contributed by atoms with Crippen molar-refractivity contribution in [1.82, 2.24) is 0 Å². The Morgan fingerprint density at radius 3 is 2.37 bits per heavy atom. The molecule has 0 bridgehead atoms. The van der Waals surface area contributed by atoms with Gasteiger partial charge in [0.2, 0.25) is 0 Å². The van der Waals surface area contributed by atoms with Crippen LogP contribution in [0, 0.1) is 35.8 Å². The highest BCUT2D eigenvalue weighted by atomic mass is 16.6. The van der Waals surface area contributed by atoms with E-state index in [1.807, 2.05) is 19.9 Å². The molecule has 0 amide bonds. The summed E-state index contributed by atoms with van der Waals surface area (Å²) in [6, 6.07) is 3.45. The van der Waals surface area contributed by atoms with Crippen molar-refractivity contribution >= 4 is 11.4 Å². The number of nitrogens with one attached hydrogen (secondary N) is 1. The van der Waals surface area contributed by atoms with Gasteiger partial charge in [-0.1, -0.05) is 13.8 Å². The molecule has 1 rings (SSSR count). The van der Waals surface area contributed by atoms with Crippen molar-refractivity contribution < 1.29 is 4.92 Å². The maximum absolute atomic E-state index is 11.1. The zero-order valence-corrected chi connectivity index (χ0v) is 12.1. The van der Waals surface area contributed by atoms with E-state index in [-0.39, 0.29) is 10.6 Å². The van der Waals surface area contributed by atoms with Crippen molar-refractivity contribution in [3.8, 4) is 0 Å². The van der Waals surface area contributed by atoms with Gasteiger partial charge in [-0.25, -0.2) is 0 Å². The second-order valence-electron chi connectivity index (χ2n) is 5.33. The largest absolute Gasteiger partial charge is 0.379 e. The maximum Gasteiger partial charge on any atom is 0.292 e. The molecule has 5 heteroatoms. The fourth-order valence-corrected chi connectivity index (χ4v) is 1.93. The number of nitrogens with zero attached hydrogens (tertiary/aromatic N) is 1. The monoisotopic (exact) mass is 265 g/mol. The average Bonchev–Trinajstić information content (AvgIpc) is 2.33. The van der Waals surface area contributed by atoms with E-state index in [0.29, 0.717) is 30.6 Å². The number of nitro groups is 1. The van der Waals surface area contributed by atoms with Gasteiger partial charge in [0.1, 0.15) is 5.69 Å². The first kappa shape index (κ1) is 15.4. The lowest BCUT2D eigenvalue weighted by Crippen LogP contribution is -2.27. The molecular weight excluding hydrogens is 242 g/mol. The third-order valence-corrected chi connectivity index (χ3v) is 3.61.